The molecule has 0 bridgehead atoms. The molecule has 1 aliphatic carbocycles. The predicted octanol–water partition coefficient (Wildman–Crippen LogP) is 7.84. The van der Waals surface area contributed by atoms with E-state index in [2.05, 4.69) is 0 Å². The van der Waals surface area contributed by atoms with Gasteiger partial charge >= 0.3 is 0 Å². The lowest BCUT2D eigenvalue weighted by Gasteiger charge is -2.51. The van der Waals surface area contributed by atoms with Crippen molar-refractivity contribution in [2.45, 2.75) is 23.9 Å². The van der Waals surface area contributed by atoms with Crippen molar-refractivity contribution in [2.75, 3.05) is 0 Å². The van der Waals surface area contributed by atoms with Gasteiger partial charge in [0, 0.05) is 23.0 Å². The zero-order chi connectivity index (χ0) is 28.2. The van der Waals surface area contributed by atoms with E-state index in [-0.39, 0.29) is 23.9 Å². The Morgan fingerprint density at radius 1 is 0.537 bits per heavy atom. The molecule has 0 aromatic heterocycles. The first kappa shape index (κ1) is 26.6. The van der Waals surface area contributed by atoms with Gasteiger partial charge in [0.1, 0.15) is 5.60 Å². The number of Topliss-reactive ketones (excluding diaryl/α,β-unsaturated/α-hetero) is 2. The normalized spacial score (nSPS) is 23.9. The lowest BCUT2D eigenvalue weighted by atomic mass is 9.52. The van der Waals surface area contributed by atoms with Gasteiger partial charge in [-0.3, -0.25) is 9.59 Å². The van der Waals surface area contributed by atoms with Crippen LogP contribution in [0, 0.1) is 11.8 Å². The van der Waals surface area contributed by atoms with Crippen LogP contribution in [0.2, 0.25) is 0 Å². The molecule has 0 aliphatic heterocycles. The van der Waals surface area contributed by atoms with Crippen LogP contribution in [0.1, 0.15) is 55.7 Å². The molecule has 0 heterocycles. The number of ketones is 2. The topological polar surface area (TPSA) is 54.4 Å². The second kappa shape index (κ2) is 11.5. The second-order valence-electron chi connectivity index (χ2n) is 10.9. The summed E-state index contributed by atoms with van der Waals surface area (Å²) < 4.78 is 0. The van der Waals surface area contributed by atoms with Crippen LogP contribution in [0.3, 0.4) is 0 Å². The first-order valence-corrected chi connectivity index (χ1v) is 14.1. The molecule has 1 aliphatic rings. The monoisotopic (exact) mass is 536 g/mol. The average molecular weight is 537 g/mol. The van der Waals surface area contributed by atoms with Gasteiger partial charge < -0.3 is 5.11 Å². The smallest absolute Gasteiger partial charge is 0.169 e. The highest BCUT2D eigenvalue weighted by atomic mass is 16.3. The Kier molecular flexibility index (Phi) is 7.45. The van der Waals surface area contributed by atoms with Crippen molar-refractivity contribution in [2.24, 2.45) is 11.8 Å². The molecule has 5 atom stereocenters. The van der Waals surface area contributed by atoms with Crippen molar-refractivity contribution in [3.8, 4) is 0 Å². The van der Waals surface area contributed by atoms with Crippen molar-refractivity contribution in [1.29, 1.82) is 0 Å². The molecule has 3 heteroatoms. The van der Waals surface area contributed by atoms with E-state index >= 15 is 0 Å². The lowest BCUT2D eigenvalue weighted by molar-refractivity contribution is -0.0690. The van der Waals surface area contributed by atoms with Crippen molar-refractivity contribution in [3.05, 3.63) is 179 Å². The van der Waals surface area contributed by atoms with Gasteiger partial charge in [-0.2, -0.15) is 0 Å². The minimum atomic E-state index is -1.53. The molecule has 6 rings (SSSR count). The van der Waals surface area contributed by atoms with Gasteiger partial charge in [0.2, 0.25) is 0 Å². The summed E-state index contributed by atoms with van der Waals surface area (Å²) >= 11 is 0. The van der Waals surface area contributed by atoms with Gasteiger partial charge in [-0.15, -0.1) is 0 Å². The SMILES string of the molecule is O=C(c1ccccc1)[C@@H]1[C@@H](c2ccccc2)[C@H](C(=O)c2ccccc2)[C@@](O)(c2ccccc2)C[C@H]1c1ccccc1. The van der Waals surface area contributed by atoms with Crippen LogP contribution in [0.25, 0.3) is 0 Å². The molecule has 0 unspecified atom stereocenters. The van der Waals surface area contributed by atoms with Gasteiger partial charge in [0.25, 0.3) is 0 Å². The Hall–Kier alpha value is -4.60. The van der Waals surface area contributed by atoms with Crippen LogP contribution in [0.15, 0.2) is 152 Å². The van der Waals surface area contributed by atoms with Crippen LogP contribution in [0.5, 0.6) is 0 Å². The Labute approximate surface area is 241 Å². The van der Waals surface area contributed by atoms with Gasteiger partial charge in [-0.1, -0.05) is 152 Å². The lowest BCUT2D eigenvalue weighted by Crippen LogP contribution is -2.53. The van der Waals surface area contributed by atoms with Crippen molar-refractivity contribution >= 4 is 11.6 Å². The summed E-state index contributed by atoms with van der Waals surface area (Å²) in [7, 11) is 0. The summed E-state index contributed by atoms with van der Waals surface area (Å²) in [5.74, 6) is -2.58. The fourth-order valence-electron chi connectivity index (χ4n) is 6.77. The molecule has 0 spiro atoms. The van der Waals surface area contributed by atoms with Crippen LogP contribution < -0.4 is 0 Å². The summed E-state index contributed by atoms with van der Waals surface area (Å²) in [6.45, 7) is 0. The highest BCUT2D eigenvalue weighted by Crippen LogP contribution is 2.58. The van der Waals surface area contributed by atoms with E-state index in [1.807, 2.05) is 140 Å². The fourth-order valence-corrected chi connectivity index (χ4v) is 6.77. The summed E-state index contributed by atoms with van der Waals surface area (Å²) in [4.78, 5) is 29.3. The molecule has 0 saturated heterocycles. The second-order valence-corrected chi connectivity index (χ2v) is 10.9. The summed E-state index contributed by atoms with van der Waals surface area (Å²) in [6, 6.07) is 47.8. The number of benzene rings is 5. The highest BCUT2D eigenvalue weighted by Gasteiger charge is 2.58. The summed E-state index contributed by atoms with van der Waals surface area (Å²) in [5.41, 5.74) is 2.13. The molecule has 1 fully saturated rings. The fraction of sp³-hybridized carbons (Fsp3) is 0.158. The third kappa shape index (κ3) is 5.05. The molecule has 3 nitrogen and oxygen atoms in total. The van der Waals surface area contributed by atoms with E-state index in [4.69, 9.17) is 0 Å². The molecule has 0 amide bonds. The van der Waals surface area contributed by atoms with Crippen LogP contribution in [-0.4, -0.2) is 16.7 Å². The van der Waals surface area contributed by atoms with E-state index in [0.29, 0.717) is 16.7 Å². The van der Waals surface area contributed by atoms with Crippen LogP contribution in [0.4, 0.5) is 0 Å². The first-order chi connectivity index (χ1) is 20.1. The molecule has 202 valence electrons. The van der Waals surface area contributed by atoms with Crippen LogP contribution in [-0.2, 0) is 5.60 Å². The number of hydrogen-bond acceptors (Lipinski definition) is 3. The zero-order valence-corrected chi connectivity index (χ0v) is 22.7. The maximum atomic E-state index is 14.6. The largest absolute Gasteiger partial charge is 0.384 e. The molecule has 1 saturated carbocycles. The highest BCUT2D eigenvalue weighted by molar-refractivity contribution is 6.03. The van der Waals surface area contributed by atoms with E-state index in [9.17, 15) is 14.7 Å². The predicted molar refractivity (Wildman–Crippen MR) is 162 cm³/mol. The molecule has 0 radical (unpaired) electrons. The van der Waals surface area contributed by atoms with Gasteiger partial charge in [0.15, 0.2) is 11.6 Å². The van der Waals surface area contributed by atoms with Crippen molar-refractivity contribution in [3.63, 3.8) is 0 Å². The number of rotatable bonds is 7. The maximum absolute atomic E-state index is 14.6. The molecular formula is C38H32O3. The number of hydrogen-bond donors (Lipinski definition) is 1. The maximum Gasteiger partial charge on any atom is 0.169 e. The molecule has 5 aromatic rings. The Morgan fingerprint density at radius 3 is 1.46 bits per heavy atom. The van der Waals surface area contributed by atoms with Crippen molar-refractivity contribution in [1.82, 2.24) is 0 Å². The van der Waals surface area contributed by atoms with E-state index in [1.165, 1.54) is 0 Å². The van der Waals surface area contributed by atoms with Crippen molar-refractivity contribution < 1.29 is 14.7 Å². The molecule has 5 aromatic carbocycles. The molecule has 1 N–H and O–H groups in total. The Bertz CT molecular complexity index is 1600. The third-order valence-electron chi connectivity index (χ3n) is 8.61. The third-order valence-corrected chi connectivity index (χ3v) is 8.61. The number of aliphatic hydroxyl groups is 1. The van der Waals surface area contributed by atoms with Gasteiger partial charge in [0.05, 0.1) is 5.92 Å². The van der Waals surface area contributed by atoms with Gasteiger partial charge in [-0.05, 0) is 29.0 Å². The average Bonchev–Trinajstić information content (AvgIpc) is 3.05. The number of carbonyl (C=O) groups is 2. The summed E-state index contributed by atoms with van der Waals surface area (Å²) in [5, 5.41) is 12.9. The standard InChI is InChI=1S/C38H32O3/c39-36(29-20-10-3-11-21-29)34-32(27-16-6-1-7-17-27)26-38(41,31-24-14-5-15-25-31)35(33(34)28-18-8-2-9-19-28)37(40)30-22-12-4-13-23-30/h1-25,32-35,41H,26H2/t32-,33+,34-,35+,38-/m0/s1. The Morgan fingerprint density at radius 2 is 0.951 bits per heavy atom. The number of carbonyl (C=O) groups excluding carboxylic acids is 2. The minimum Gasteiger partial charge on any atom is -0.384 e. The van der Waals surface area contributed by atoms with Crippen LogP contribution >= 0.6 is 0 Å². The Balaban J connectivity index is 1.64. The summed E-state index contributed by atoms with van der Waals surface area (Å²) in [6.07, 6.45) is 0.233. The van der Waals surface area contributed by atoms with E-state index in [0.717, 1.165) is 11.1 Å². The van der Waals surface area contributed by atoms with Gasteiger partial charge in [-0.25, -0.2) is 0 Å². The van der Waals surface area contributed by atoms with E-state index in [1.54, 1.807) is 12.1 Å². The first-order valence-electron chi connectivity index (χ1n) is 14.1. The minimum absolute atomic E-state index is 0.0192. The molecular weight excluding hydrogens is 504 g/mol. The quantitative estimate of drug-likeness (QED) is 0.216. The van der Waals surface area contributed by atoms with E-state index < -0.39 is 23.4 Å². The zero-order valence-electron chi connectivity index (χ0n) is 22.7. The molecule has 41 heavy (non-hydrogen) atoms.